The standard InChI is InChI=1S/C11H16N4/c1-7(2)10(12)11-14-8-6-13-5-4-9(8)15(11)3/h4-7,10H,12H2,1-3H3/t10-/m1/s1. The number of fused-ring (bicyclic) bond motifs is 1. The maximum absolute atomic E-state index is 6.10. The zero-order chi connectivity index (χ0) is 11.0. The molecule has 0 fully saturated rings. The number of nitrogens with zero attached hydrogens (tertiary/aromatic N) is 3. The summed E-state index contributed by atoms with van der Waals surface area (Å²) < 4.78 is 2.04. The fourth-order valence-corrected chi connectivity index (χ4v) is 1.67. The number of rotatable bonds is 2. The number of aromatic nitrogens is 3. The second-order valence-electron chi connectivity index (χ2n) is 4.16. The summed E-state index contributed by atoms with van der Waals surface area (Å²) in [6.07, 6.45) is 3.54. The second kappa shape index (κ2) is 3.62. The molecule has 0 aliphatic rings. The lowest BCUT2D eigenvalue weighted by molar-refractivity contribution is 0.480. The highest BCUT2D eigenvalue weighted by Crippen LogP contribution is 2.21. The van der Waals surface area contributed by atoms with Crippen LogP contribution in [0.5, 0.6) is 0 Å². The molecule has 0 saturated carbocycles. The quantitative estimate of drug-likeness (QED) is 0.808. The van der Waals surface area contributed by atoms with E-state index in [4.69, 9.17) is 5.73 Å². The van der Waals surface area contributed by atoms with Gasteiger partial charge in [-0.3, -0.25) is 4.98 Å². The van der Waals surface area contributed by atoms with Crippen LogP contribution in [0.4, 0.5) is 0 Å². The number of nitrogens with two attached hydrogens (primary N) is 1. The van der Waals surface area contributed by atoms with Crippen LogP contribution in [0.2, 0.25) is 0 Å². The highest BCUT2D eigenvalue weighted by atomic mass is 15.1. The van der Waals surface area contributed by atoms with Gasteiger partial charge in [-0.1, -0.05) is 13.8 Å². The molecule has 0 saturated heterocycles. The first-order valence-electron chi connectivity index (χ1n) is 5.13. The fourth-order valence-electron chi connectivity index (χ4n) is 1.67. The molecule has 2 aromatic rings. The average molecular weight is 204 g/mol. The number of hydrogen-bond acceptors (Lipinski definition) is 3. The minimum absolute atomic E-state index is 0.0256. The van der Waals surface area contributed by atoms with Gasteiger partial charge in [-0.2, -0.15) is 0 Å². The molecule has 1 atom stereocenters. The van der Waals surface area contributed by atoms with E-state index in [2.05, 4.69) is 23.8 Å². The van der Waals surface area contributed by atoms with Crippen molar-refractivity contribution >= 4 is 11.0 Å². The van der Waals surface area contributed by atoms with Gasteiger partial charge in [0, 0.05) is 13.2 Å². The Kier molecular flexibility index (Phi) is 2.44. The number of aryl methyl sites for hydroxylation is 1. The second-order valence-corrected chi connectivity index (χ2v) is 4.16. The molecule has 0 bridgehead atoms. The van der Waals surface area contributed by atoms with E-state index >= 15 is 0 Å². The molecule has 0 amide bonds. The number of imidazole rings is 1. The lowest BCUT2D eigenvalue weighted by atomic mass is 10.1. The molecule has 0 unspecified atom stereocenters. The van der Waals surface area contributed by atoms with Gasteiger partial charge >= 0.3 is 0 Å². The largest absolute Gasteiger partial charge is 0.330 e. The Balaban J connectivity index is 2.58. The molecule has 2 heterocycles. The third-order valence-corrected chi connectivity index (χ3v) is 2.73. The normalized spacial score (nSPS) is 13.7. The van der Waals surface area contributed by atoms with Crippen LogP contribution in [-0.4, -0.2) is 14.5 Å². The monoisotopic (exact) mass is 204 g/mol. The Morgan fingerprint density at radius 1 is 1.40 bits per heavy atom. The fraction of sp³-hybridized carbons (Fsp3) is 0.455. The molecule has 2 aromatic heterocycles. The van der Waals surface area contributed by atoms with Crippen molar-refractivity contribution in [3.05, 3.63) is 24.3 Å². The van der Waals surface area contributed by atoms with Crippen molar-refractivity contribution < 1.29 is 0 Å². The zero-order valence-electron chi connectivity index (χ0n) is 9.31. The maximum atomic E-state index is 6.10. The first kappa shape index (κ1) is 10.1. The van der Waals surface area contributed by atoms with Gasteiger partial charge in [0.25, 0.3) is 0 Å². The molecule has 2 rings (SSSR count). The van der Waals surface area contributed by atoms with Crippen LogP contribution >= 0.6 is 0 Å². The van der Waals surface area contributed by atoms with Crippen molar-refractivity contribution in [1.82, 2.24) is 14.5 Å². The van der Waals surface area contributed by atoms with Gasteiger partial charge < -0.3 is 10.3 Å². The predicted octanol–water partition coefficient (Wildman–Crippen LogP) is 1.62. The first-order chi connectivity index (χ1) is 7.11. The summed E-state index contributed by atoms with van der Waals surface area (Å²) in [5.41, 5.74) is 8.09. The van der Waals surface area contributed by atoms with Crippen molar-refractivity contribution in [2.24, 2.45) is 18.7 Å². The summed E-state index contributed by atoms with van der Waals surface area (Å²) in [4.78, 5) is 8.56. The minimum atomic E-state index is -0.0256. The molecule has 0 radical (unpaired) electrons. The molecule has 2 N–H and O–H groups in total. The SMILES string of the molecule is CC(C)[C@@H](N)c1nc2cnccc2n1C. The summed E-state index contributed by atoms with van der Waals surface area (Å²) in [7, 11) is 1.99. The number of hydrogen-bond donors (Lipinski definition) is 1. The zero-order valence-corrected chi connectivity index (χ0v) is 9.31. The van der Waals surface area contributed by atoms with E-state index in [0.29, 0.717) is 5.92 Å². The molecule has 0 aliphatic carbocycles. The van der Waals surface area contributed by atoms with Crippen molar-refractivity contribution in [2.45, 2.75) is 19.9 Å². The summed E-state index contributed by atoms with van der Waals surface area (Å²) in [5, 5.41) is 0. The predicted molar refractivity (Wildman–Crippen MR) is 60.3 cm³/mol. The molecule has 0 aliphatic heterocycles. The van der Waals surface area contributed by atoms with E-state index in [1.54, 1.807) is 12.4 Å². The molecular weight excluding hydrogens is 188 g/mol. The van der Waals surface area contributed by atoms with Crippen LogP contribution in [-0.2, 0) is 7.05 Å². The van der Waals surface area contributed by atoms with Gasteiger partial charge in [-0.25, -0.2) is 4.98 Å². The summed E-state index contributed by atoms with van der Waals surface area (Å²) in [5.74, 6) is 1.31. The molecular formula is C11H16N4. The summed E-state index contributed by atoms with van der Waals surface area (Å²) >= 11 is 0. The Morgan fingerprint density at radius 3 is 2.73 bits per heavy atom. The molecule has 4 nitrogen and oxygen atoms in total. The summed E-state index contributed by atoms with van der Waals surface area (Å²) in [6.45, 7) is 4.20. The van der Waals surface area contributed by atoms with E-state index in [-0.39, 0.29) is 6.04 Å². The van der Waals surface area contributed by atoms with E-state index in [0.717, 1.165) is 16.9 Å². The van der Waals surface area contributed by atoms with E-state index < -0.39 is 0 Å². The van der Waals surface area contributed by atoms with Crippen LogP contribution in [0, 0.1) is 5.92 Å². The maximum Gasteiger partial charge on any atom is 0.126 e. The van der Waals surface area contributed by atoms with Crippen LogP contribution in [0.15, 0.2) is 18.5 Å². The van der Waals surface area contributed by atoms with Crippen molar-refractivity contribution in [3.8, 4) is 0 Å². The van der Waals surface area contributed by atoms with Gasteiger partial charge in [0.05, 0.1) is 17.8 Å². The molecule has 0 spiro atoms. The minimum Gasteiger partial charge on any atom is -0.330 e. The van der Waals surface area contributed by atoms with Gasteiger partial charge in [0.2, 0.25) is 0 Å². The Morgan fingerprint density at radius 2 is 2.13 bits per heavy atom. The Hall–Kier alpha value is -1.42. The van der Waals surface area contributed by atoms with E-state index in [1.807, 2.05) is 17.7 Å². The van der Waals surface area contributed by atoms with Crippen molar-refractivity contribution in [2.75, 3.05) is 0 Å². The van der Waals surface area contributed by atoms with Gasteiger partial charge in [0.1, 0.15) is 11.3 Å². The number of pyridine rings is 1. The van der Waals surface area contributed by atoms with Crippen LogP contribution in [0.1, 0.15) is 25.7 Å². The highest BCUT2D eigenvalue weighted by Gasteiger charge is 2.17. The van der Waals surface area contributed by atoms with Crippen LogP contribution < -0.4 is 5.73 Å². The third kappa shape index (κ3) is 1.61. The Bertz CT molecular complexity index is 472. The van der Waals surface area contributed by atoms with Crippen LogP contribution in [0.3, 0.4) is 0 Å². The smallest absolute Gasteiger partial charge is 0.126 e. The molecule has 0 aromatic carbocycles. The molecule has 15 heavy (non-hydrogen) atoms. The lowest BCUT2D eigenvalue weighted by Gasteiger charge is -2.14. The molecule has 80 valence electrons. The third-order valence-electron chi connectivity index (χ3n) is 2.73. The Labute approximate surface area is 89.1 Å². The molecule has 4 heteroatoms. The van der Waals surface area contributed by atoms with Crippen molar-refractivity contribution in [3.63, 3.8) is 0 Å². The average Bonchev–Trinajstić information content (AvgIpc) is 2.56. The highest BCUT2D eigenvalue weighted by molar-refractivity contribution is 5.74. The van der Waals surface area contributed by atoms with Crippen molar-refractivity contribution in [1.29, 1.82) is 0 Å². The first-order valence-corrected chi connectivity index (χ1v) is 5.13. The summed E-state index contributed by atoms with van der Waals surface area (Å²) in [6, 6.07) is 1.93. The van der Waals surface area contributed by atoms with Gasteiger partial charge in [-0.05, 0) is 12.0 Å². The van der Waals surface area contributed by atoms with E-state index in [9.17, 15) is 0 Å². The van der Waals surface area contributed by atoms with Gasteiger partial charge in [-0.15, -0.1) is 0 Å². The van der Waals surface area contributed by atoms with Crippen LogP contribution in [0.25, 0.3) is 11.0 Å². The van der Waals surface area contributed by atoms with Gasteiger partial charge in [0.15, 0.2) is 0 Å². The van der Waals surface area contributed by atoms with E-state index in [1.165, 1.54) is 0 Å². The topological polar surface area (TPSA) is 56.7 Å². The lowest BCUT2D eigenvalue weighted by Crippen LogP contribution is -2.20.